The SMILES string of the molecule is CCN1CCC(N(C)CC2CNc3ccccc3O2)CC1. The first-order valence-electron chi connectivity index (χ1n) is 8.18. The van der Waals surface area contributed by atoms with Gasteiger partial charge in [0, 0.05) is 12.6 Å². The Balaban J connectivity index is 1.51. The number of benzene rings is 1. The van der Waals surface area contributed by atoms with Gasteiger partial charge in [0.2, 0.25) is 0 Å². The van der Waals surface area contributed by atoms with E-state index in [0.29, 0.717) is 6.04 Å². The minimum Gasteiger partial charge on any atom is -0.485 e. The van der Waals surface area contributed by atoms with Crippen LogP contribution in [0, 0.1) is 0 Å². The molecule has 1 saturated heterocycles. The molecule has 0 bridgehead atoms. The van der Waals surface area contributed by atoms with E-state index in [1.165, 1.54) is 32.5 Å². The predicted molar refractivity (Wildman–Crippen MR) is 87.1 cm³/mol. The lowest BCUT2D eigenvalue weighted by atomic mass is 10.0. The standard InChI is InChI=1S/C17H27N3O/c1-3-20-10-8-14(9-11-20)19(2)13-15-12-18-16-6-4-5-7-17(16)21-15/h4-7,14-15,18H,3,8-13H2,1-2H3. The van der Waals surface area contributed by atoms with Crippen molar-refractivity contribution in [1.29, 1.82) is 0 Å². The van der Waals surface area contributed by atoms with E-state index < -0.39 is 0 Å². The van der Waals surface area contributed by atoms with Crippen LogP contribution in [0.2, 0.25) is 0 Å². The highest BCUT2D eigenvalue weighted by molar-refractivity contribution is 5.57. The van der Waals surface area contributed by atoms with Gasteiger partial charge < -0.3 is 15.0 Å². The number of ether oxygens (including phenoxy) is 1. The summed E-state index contributed by atoms with van der Waals surface area (Å²) in [6, 6.07) is 8.91. The van der Waals surface area contributed by atoms with Crippen LogP contribution >= 0.6 is 0 Å². The number of rotatable bonds is 4. The minimum atomic E-state index is 0.245. The number of para-hydroxylation sites is 2. The fourth-order valence-electron chi connectivity index (χ4n) is 3.41. The number of anilines is 1. The van der Waals surface area contributed by atoms with Crippen LogP contribution in [0.1, 0.15) is 19.8 Å². The van der Waals surface area contributed by atoms with Crippen LogP contribution in [0.4, 0.5) is 5.69 Å². The lowest BCUT2D eigenvalue weighted by molar-refractivity contribution is 0.0882. The second-order valence-electron chi connectivity index (χ2n) is 6.22. The monoisotopic (exact) mass is 289 g/mol. The topological polar surface area (TPSA) is 27.7 Å². The van der Waals surface area contributed by atoms with Gasteiger partial charge in [-0.05, 0) is 51.7 Å². The summed E-state index contributed by atoms with van der Waals surface area (Å²) < 4.78 is 6.12. The Bertz CT molecular complexity index is 457. The first-order valence-corrected chi connectivity index (χ1v) is 8.18. The highest BCUT2D eigenvalue weighted by atomic mass is 16.5. The molecule has 0 radical (unpaired) electrons. The van der Waals surface area contributed by atoms with Gasteiger partial charge >= 0.3 is 0 Å². The lowest BCUT2D eigenvalue weighted by Gasteiger charge is -2.38. The zero-order valence-electron chi connectivity index (χ0n) is 13.2. The van der Waals surface area contributed by atoms with Gasteiger partial charge in [-0.2, -0.15) is 0 Å². The van der Waals surface area contributed by atoms with E-state index in [2.05, 4.69) is 35.2 Å². The third-order valence-corrected chi connectivity index (χ3v) is 4.82. The van der Waals surface area contributed by atoms with Crippen LogP contribution < -0.4 is 10.1 Å². The molecule has 1 aromatic rings. The lowest BCUT2D eigenvalue weighted by Crippen LogP contribution is -2.48. The van der Waals surface area contributed by atoms with Crippen LogP contribution in [0.3, 0.4) is 0 Å². The Morgan fingerprint density at radius 3 is 2.81 bits per heavy atom. The molecule has 0 saturated carbocycles. The second kappa shape index (κ2) is 6.67. The summed E-state index contributed by atoms with van der Waals surface area (Å²) >= 11 is 0. The van der Waals surface area contributed by atoms with Crippen molar-refractivity contribution in [1.82, 2.24) is 9.80 Å². The van der Waals surface area contributed by atoms with E-state index in [9.17, 15) is 0 Å². The van der Waals surface area contributed by atoms with Gasteiger partial charge in [0.05, 0.1) is 12.2 Å². The molecule has 1 N–H and O–H groups in total. The molecule has 0 aliphatic carbocycles. The first-order chi connectivity index (χ1) is 10.3. The Kier molecular flexibility index (Phi) is 4.66. The van der Waals surface area contributed by atoms with Crippen molar-refractivity contribution < 1.29 is 4.74 Å². The van der Waals surface area contributed by atoms with Gasteiger partial charge in [-0.1, -0.05) is 19.1 Å². The Hall–Kier alpha value is -1.26. The Morgan fingerprint density at radius 2 is 2.05 bits per heavy atom. The number of hydrogen-bond donors (Lipinski definition) is 1. The Labute approximate surface area is 128 Å². The van der Waals surface area contributed by atoms with Gasteiger partial charge in [-0.15, -0.1) is 0 Å². The number of nitrogens with one attached hydrogen (secondary N) is 1. The molecule has 1 fully saturated rings. The molecule has 1 atom stereocenters. The molecule has 116 valence electrons. The van der Waals surface area contributed by atoms with Crippen molar-refractivity contribution in [3.05, 3.63) is 24.3 Å². The van der Waals surface area contributed by atoms with Crippen molar-refractivity contribution in [3.8, 4) is 5.75 Å². The fraction of sp³-hybridized carbons (Fsp3) is 0.647. The number of likely N-dealkylation sites (N-methyl/N-ethyl adjacent to an activating group) is 1. The molecule has 3 rings (SSSR count). The number of hydrogen-bond acceptors (Lipinski definition) is 4. The number of fused-ring (bicyclic) bond motifs is 1. The van der Waals surface area contributed by atoms with E-state index in [1.54, 1.807) is 0 Å². The maximum atomic E-state index is 6.12. The second-order valence-corrected chi connectivity index (χ2v) is 6.22. The van der Waals surface area contributed by atoms with Crippen molar-refractivity contribution in [3.63, 3.8) is 0 Å². The molecule has 2 aliphatic rings. The van der Waals surface area contributed by atoms with Crippen LogP contribution in [0.25, 0.3) is 0 Å². The third kappa shape index (κ3) is 3.50. The summed E-state index contributed by atoms with van der Waals surface area (Å²) in [5.74, 6) is 0.989. The summed E-state index contributed by atoms with van der Waals surface area (Å²) in [6.07, 6.45) is 2.80. The molecule has 0 aromatic heterocycles. The molecule has 2 aliphatic heterocycles. The van der Waals surface area contributed by atoms with Crippen molar-refractivity contribution in [2.24, 2.45) is 0 Å². The number of likely N-dealkylation sites (tertiary alicyclic amines) is 1. The summed E-state index contributed by atoms with van der Waals surface area (Å²) in [7, 11) is 2.25. The number of piperidine rings is 1. The zero-order valence-corrected chi connectivity index (χ0v) is 13.2. The molecule has 1 aromatic carbocycles. The normalized spacial score (nSPS) is 23.5. The van der Waals surface area contributed by atoms with Crippen molar-refractivity contribution in [2.75, 3.05) is 45.1 Å². The summed E-state index contributed by atoms with van der Waals surface area (Å²) in [5.41, 5.74) is 1.12. The van der Waals surface area contributed by atoms with E-state index in [4.69, 9.17) is 4.74 Å². The van der Waals surface area contributed by atoms with Gasteiger partial charge in [0.25, 0.3) is 0 Å². The van der Waals surface area contributed by atoms with Crippen molar-refractivity contribution in [2.45, 2.75) is 31.9 Å². The minimum absolute atomic E-state index is 0.245. The van der Waals surface area contributed by atoms with Crippen LogP contribution in [0.5, 0.6) is 5.75 Å². The van der Waals surface area contributed by atoms with Gasteiger partial charge in [-0.3, -0.25) is 4.90 Å². The van der Waals surface area contributed by atoms with E-state index in [-0.39, 0.29) is 6.10 Å². The molecule has 0 amide bonds. The summed E-state index contributed by atoms with van der Waals surface area (Å²) in [4.78, 5) is 5.03. The number of nitrogens with zero attached hydrogens (tertiary/aromatic N) is 2. The zero-order chi connectivity index (χ0) is 14.7. The maximum absolute atomic E-state index is 6.12. The van der Waals surface area contributed by atoms with Gasteiger partial charge in [-0.25, -0.2) is 0 Å². The molecular formula is C17H27N3O. The Morgan fingerprint density at radius 1 is 1.29 bits per heavy atom. The predicted octanol–water partition coefficient (Wildman–Crippen LogP) is 2.28. The maximum Gasteiger partial charge on any atom is 0.142 e. The van der Waals surface area contributed by atoms with Gasteiger partial charge in [0.15, 0.2) is 0 Å². The highest BCUT2D eigenvalue weighted by Gasteiger charge is 2.26. The molecule has 4 heteroatoms. The van der Waals surface area contributed by atoms with E-state index in [1.807, 2.05) is 18.2 Å². The van der Waals surface area contributed by atoms with E-state index >= 15 is 0 Å². The third-order valence-electron chi connectivity index (χ3n) is 4.82. The van der Waals surface area contributed by atoms with Crippen LogP contribution in [0.15, 0.2) is 24.3 Å². The fourth-order valence-corrected chi connectivity index (χ4v) is 3.41. The molecule has 21 heavy (non-hydrogen) atoms. The smallest absolute Gasteiger partial charge is 0.142 e. The molecule has 4 nitrogen and oxygen atoms in total. The van der Waals surface area contributed by atoms with Crippen LogP contribution in [-0.2, 0) is 0 Å². The first kappa shape index (κ1) is 14.7. The highest BCUT2D eigenvalue weighted by Crippen LogP contribution is 2.28. The molecule has 1 unspecified atom stereocenters. The van der Waals surface area contributed by atoms with Gasteiger partial charge in [0.1, 0.15) is 11.9 Å². The summed E-state index contributed by atoms with van der Waals surface area (Å²) in [5, 5.41) is 3.48. The van der Waals surface area contributed by atoms with Crippen molar-refractivity contribution >= 4 is 5.69 Å². The molecule has 0 spiro atoms. The quantitative estimate of drug-likeness (QED) is 0.920. The van der Waals surface area contributed by atoms with Crippen LogP contribution in [-0.4, -0.2) is 61.7 Å². The average Bonchev–Trinajstić information content (AvgIpc) is 2.55. The average molecular weight is 289 g/mol. The van der Waals surface area contributed by atoms with E-state index in [0.717, 1.165) is 24.5 Å². The largest absolute Gasteiger partial charge is 0.485 e. The summed E-state index contributed by atoms with van der Waals surface area (Å²) in [6.45, 7) is 7.80. The molecular weight excluding hydrogens is 262 g/mol. The molecule has 2 heterocycles.